The van der Waals surface area contributed by atoms with E-state index in [0.29, 0.717) is 5.02 Å². The van der Waals surface area contributed by atoms with Crippen molar-refractivity contribution >= 4 is 33.3 Å². The van der Waals surface area contributed by atoms with E-state index < -0.39 is 39.7 Å². The van der Waals surface area contributed by atoms with Gasteiger partial charge in [0.05, 0.1) is 17.5 Å². The van der Waals surface area contributed by atoms with Gasteiger partial charge >= 0.3 is 5.97 Å². The summed E-state index contributed by atoms with van der Waals surface area (Å²) in [5.74, 6) is -2.57. The SMILES string of the molecule is C[C@@H]1CN(C(=O)CS(=O)(=O)c2ccc(Cl)cc2)CC(C(=O)O)O1. The normalized spacial score (nSPS) is 21.9. The Morgan fingerprint density at radius 2 is 1.91 bits per heavy atom. The van der Waals surface area contributed by atoms with E-state index in [2.05, 4.69) is 0 Å². The number of carboxylic acid groups (broad SMARTS) is 1. The van der Waals surface area contributed by atoms with Gasteiger partial charge in [0.15, 0.2) is 15.9 Å². The monoisotopic (exact) mass is 361 g/mol. The number of rotatable bonds is 4. The summed E-state index contributed by atoms with van der Waals surface area (Å²) in [5.41, 5.74) is 0. The lowest BCUT2D eigenvalue weighted by molar-refractivity contribution is -0.165. The van der Waals surface area contributed by atoms with Gasteiger partial charge in [0.1, 0.15) is 5.75 Å². The van der Waals surface area contributed by atoms with Crippen molar-refractivity contribution < 1.29 is 27.9 Å². The van der Waals surface area contributed by atoms with Crippen molar-refractivity contribution in [1.82, 2.24) is 4.90 Å². The minimum atomic E-state index is -3.82. The average Bonchev–Trinajstić information content (AvgIpc) is 2.46. The quantitative estimate of drug-likeness (QED) is 0.851. The van der Waals surface area contributed by atoms with E-state index in [1.165, 1.54) is 29.2 Å². The molecular weight excluding hydrogens is 346 g/mol. The number of carboxylic acids is 1. The maximum atomic E-state index is 12.3. The number of hydrogen-bond donors (Lipinski definition) is 1. The number of halogens is 1. The number of amides is 1. The third-order valence-electron chi connectivity index (χ3n) is 3.37. The molecule has 1 unspecified atom stereocenters. The number of nitrogens with zero attached hydrogens (tertiary/aromatic N) is 1. The molecule has 0 radical (unpaired) electrons. The smallest absolute Gasteiger partial charge is 0.334 e. The van der Waals surface area contributed by atoms with Gasteiger partial charge in [-0.1, -0.05) is 11.6 Å². The summed E-state index contributed by atoms with van der Waals surface area (Å²) >= 11 is 5.71. The minimum absolute atomic E-state index is 0.00802. The van der Waals surface area contributed by atoms with E-state index in [1.54, 1.807) is 6.92 Å². The maximum Gasteiger partial charge on any atom is 0.334 e. The zero-order valence-electron chi connectivity index (χ0n) is 12.3. The summed E-state index contributed by atoms with van der Waals surface area (Å²) in [7, 11) is -3.82. The van der Waals surface area contributed by atoms with Gasteiger partial charge in [-0.3, -0.25) is 4.79 Å². The predicted octanol–water partition coefficient (Wildman–Crippen LogP) is 0.814. The average molecular weight is 362 g/mol. The highest BCUT2D eigenvalue weighted by Crippen LogP contribution is 2.17. The summed E-state index contributed by atoms with van der Waals surface area (Å²) in [4.78, 5) is 24.5. The molecule has 126 valence electrons. The van der Waals surface area contributed by atoms with Crippen LogP contribution < -0.4 is 0 Å². The van der Waals surface area contributed by atoms with Crippen LogP contribution in [0.2, 0.25) is 5.02 Å². The summed E-state index contributed by atoms with van der Waals surface area (Å²) < 4.78 is 29.7. The van der Waals surface area contributed by atoms with Gasteiger partial charge in [-0.25, -0.2) is 13.2 Å². The van der Waals surface area contributed by atoms with Crippen LogP contribution in [-0.4, -0.2) is 61.4 Å². The van der Waals surface area contributed by atoms with Crippen molar-refractivity contribution in [2.75, 3.05) is 18.8 Å². The summed E-state index contributed by atoms with van der Waals surface area (Å²) in [5, 5.41) is 9.39. The molecule has 1 heterocycles. The summed E-state index contributed by atoms with van der Waals surface area (Å²) in [6.07, 6.45) is -1.63. The number of carbonyl (C=O) groups is 2. The first-order valence-corrected chi connectivity index (χ1v) is 8.86. The third kappa shape index (κ3) is 4.43. The summed E-state index contributed by atoms with van der Waals surface area (Å²) in [6, 6.07) is 5.51. The molecule has 1 aromatic carbocycles. The molecule has 1 saturated heterocycles. The third-order valence-corrected chi connectivity index (χ3v) is 5.24. The molecule has 9 heteroatoms. The second kappa shape index (κ2) is 6.86. The number of carbonyl (C=O) groups excluding carboxylic acids is 1. The largest absolute Gasteiger partial charge is 0.479 e. The van der Waals surface area contributed by atoms with Gasteiger partial charge in [-0.2, -0.15) is 0 Å². The Balaban J connectivity index is 2.11. The molecule has 7 nitrogen and oxygen atoms in total. The van der Waals surface area contributed by atoms with Crippen molar-refractivity contribution in [2.24, 2.45) is 0 Å². The lowest BCUT2D eigenvalue weighted by Gasteiger charge is -2.34. The fraction of sp³-hybridized carbons (Fsp3) is 0.429. The van der Waals surface area contributed by atoms with Crippen molar-refractivity contribution in [2.45, 2.75) is 24.0 Å². The Labute approximate surface area is 138 Å². The van der Waals surface area contributed by atoms with E-state index in [1.807, 2.05) is 0 Å². The molecule has 1 aromatic rings. The molecule has 0 bridgehead atoms. The molecule has 2 rings (SSSR count). The first-order valence-electron chi connectivity index (χ1n) is 6.83. The fourth-order valence-corrected chi connectivity index (χ4v) is 3.62. The maximum absolute atomic E-state index is 12.3. The standard InChI is InChI=1S/C14H16ClNO6S/c1-9-6-16(7-12(22-9)14(18)19)13(17)8-23(20,21)11-4-2-10(15)3-5-11/h2-5,9,12H,6-8H2,1H3,(H,18,19)/t9-,12?/m1/s1. The summed E-state index contributed by atoms with van der Waals surface area (Å²) in [6.45, 7) is 1.61. The van der Waals surface area contributed by atoms with Gasteiger partial charge in [-0.15, -0.1) is 0 Å². The van der Waals surface area contributed by atoms with Crippen LogP contribution in [0.5, 0.6) is 0 Å². The van der Waals surface area contributed by atoms with E-state index >= 15 is 0 Å². The predicted molar refractivity (Wildman–Crippen MR) is 82.1 cm³/mol. The topological polar surface area (TPSA) is 101 Å². The van der Waals surface area contributed by atoms with Crippen molar-refractivity contribution in [1.29, 1.82) is 0 Å². The second-order valence-electron chi connectivity index (χ2n) is 5.29. The van der Waals surface area contributed by atoms with Crippen LogP contribution in [0.15, 0.2) is 29.2 Å². The molecule has 1 aliphatic heterocycles. The molecule has 1 N–H and O–H groups in total. The first-order chi connectivity index (χ1) is 10.7. The first kappa shape index (κ1) is 17.7. The highest BCUT2D eigenvalue weighted by Gasteiger charge is 2.34. The Bertz CT molecular complexity index is 702. The zero-order chi connectivity index (χ0) is 17.2. The van der Waals surface area contributed by atoms with Crippen molar-refractivity contribution in [3.05, 3.63) is 29.3 Å². The van der Waals surface area contributed by atoms with Gasteiger partial charge < -0.3 is 14.7 Å². The Morgan fingerprint density at radius 3 is 2.48 bits per heavy atom. The van der Waals surface area contributed by atoms with Gasteiger partial charge in [0, 0.05) is 11.6 Å². The minimum Gasteiger partial charge on any atom is -0.479 e. The molecular formula is C14H16ClNO6S. The van der Waals surface area contributed by atoms with Gasteiger partial charge in [0.2, 0.25) is 5.91 Å². The molecule has 23 heavy (non-hydrogen) atoms. The lowest BCUT2D eigenvalue weighted by atomic mass is 10.2. The molecule has 1 aliphatic rings. The number of hydrogen-bond acceptors (Lipinski definition) is 5. The van der Waals surface area contributed by atoms with Crippen LogP contribution in [0.25, 0.3) is 0 Å². The molecule has 0 saturated carbocycles. The number of benzene rings is 1. The second-order valence-corrected chi connectivity index (χ2v) is 7.71. The molecule has 1 fully saturated rings. The van der Waals surface area contributed by atoms with E-state index in [0.717, 1.165) is 0 Å². The fourth-order valence-electron chi connectivity index (χ4n) is 2.27. The van der Waals surface area contributed by atoms with Crippen LogP contribution in [0.4, 0.5) is 0 Å². The lowest BCUT2D eigenvalue weighted by Crippen LogP contribution is -2.53. The molecule has 0 aliphatic carbocycles. The van der Waals surface area contributed by atoms with E-state index in [-0.39, 0.29) is 18.0 Å². The van der Waals surface area contributed by atoms with E-state index in [4.69, 9.17) is 21.4 Å². The molecule has 0 spiro atoms. The van der Waals surface area contributed by atoms with E-state index in [9.17, 15) is 18.0 Å². The number of ether oxygens (including phenoxy) is 1. The Hall–Kier alpha value is -1.64. The van der Waals surface area contributed by atoms with Gasteiger partial charge in [-0.05, 0) is 31.2 Å². The Morgan fingerprint density at radius 1 is 1.30 bits per heavy atom. The highest BCUT2D eigenvalue weighted by molar-refractivity contribution is 7.92. The van der Waals surface area contributed by atoms with Crippen LogP contribution in [0.3, 0.4) is 0 Å². The van der Waals surface area contributed by atoms with Crippen molar-refractivity contribution in [3.8, 4) is 0 Å². The molecule has 0 aromatic heterocycles. The zero-order valence-corrected chi connectivity index (χ0v) is 13.9. The van der Waals surface area contributed by atoms with Crippen molar-refractivity contribution in [3.63, 3.8) is 0 Å². The Kier molecular flexibility index (Phi) is 5.28. The van der Waals surface area contributed by atoms with Gasteiger partial charge in [0.25, 0.3) is 0 Å². The molecule has 1 amide bonds. The number of sulfone groups is 1. The van der Waals surface area contributed by atoms with Crippen LogP contribution >= 0.6 is 11.6 Å². The van der Waals surface area contributed by atoms with Crippen LogP contribution in [0.1, 0.15) is 6.92 Å². The molecule has 2 atom stereocenters. The number of morpholine rings is 1. The number of aliphatic carboxylic acids is 1. The van der Waals surface area contributed by atoms with Crippen LogP contribution in [0, 0.1) is 0 Å². The van der Waals surface area contributed by atoms with Crippen LogP contribution in [-0.2, 0) is 24.2 Å². The highest BCUT2D eigenvalue weighted by atomic mass is 35.5.